The fraction of sp³-hybridized carbons (Fsp3) is 0.267. The van der Waals surface area contributed by atoms with Crippen LogP contribution < -0.4 is 10.2 Å². The van der Waals surface area contributed by atoms with Crippen LogP contribution in [0.2, 0.25) is 0 Å². The van der Waals surface area contributed by atoms with Gasteiger partial charge in [-0.1, -0.05) is 18.2 Å². The van der Waals surface area contributed by atoms with Gasteiger partial charge in [-0.15, -0.1) is 0 Å². The Morgan fingerprint density at radius 3 is 2.75 bits per heavy atom. The molecule has 1 aromatic heterocycles. The van der Waals surface area contributed by atoms with Crippen LogP contribution in [0.4, 0.5) is 5.69 Å². The molecule has 1 aromatic carbocycles. The Balaban J connectivity index is 2.08. The maximum absolute atomic E-state index is 12.3. The molecule has 1 N–H and O–H groups in total. The van der Waals surface area contributed by atoms with Crippen molar-refractivity contribution < 1.29 is 9.59 Å². The molecule has 3 rings (SSSR count). The number of fused-ring (bicyclic) bond motifs is 1. The lowest BCUT2D eigenvalue weighted by atomic mass is 10.1. The lowest BCUT2D eigenvalue weighted by molar-refractivity contribution is -0.133. The number of aromatic nitrogens is 1. The number of anilines is 1. The monoisotopic (exact) mass is 269 g/mol. The summed E-state index contributed by atoms with van der Waals surface area (Å²) in [7, 11) is 0. The zero-order valence-electron chi connectivity index (χ0n) is 11.3. The summed E-state index contributed by atoms with van der Waals surface area (Å²) >= 11 is 0. The van der Waals surface area contributed by atoms with Crippen LogP contribution in [0.3, 0.4) is 0 Å². The van der Waals surface area contributed by atoms with E-state index in [0.717, 1.165) is 10.9 Å². The Bertz CT molecular complexity index is 698. The van der Waals surface area contributed by atoms with E-state index in [1.54, 1.807) is 20.0 Å². The van der Waals surface area contributed by atoms with Crippen molar-refractivity contribution in [3.8, 4) is 0 Å². The number of amides is 2. The van der Waals surface area contributed by atoms with Crippen LogP contribution in [0.15, 0.2) is 36.5 Å². The van der Waals surface area contributed by atoms with E-state index in [4.69, 9.17) is 0 Å². The highest BCUT2D eigenvalue weighted by atomic mass is 16.2. The van der Waals surface area contributed by atoms with E-state index in [2.05, 4.69) is 10.3 Å². The molecule has 1 aliphatic heterocycles. The van der Waals surface area contributed by atoms with Crippen molar-refractivity contribution in [2.75, 3.05) is 4.90 Å². The average Bonchev–Trinajstić information content (AvgIpc) is 2.45. The molecule has 1 aliphatic rings. The first kappa shape index (κ1) is 12.6. The lowest BCUT2D eigenvalue weighted by Crippen LogP contribution is -2.61. The third kappa shape index (κ3) is 1.91. The van der Waals surface area contributed by atoms with Crippen molar-refractivity contribution in [1.82, 2.24) is 10.3 Å². The Labute approximate surface area is 116 Å². The summed E-state index contributed by atoms with van der Waals surface area (Å²) in [5.74, 6) is -0.264. The van der Waals surface area contributed by atoms with Crippen LogP contribution in [0.25, 0.3) is 10.9 Å². The minimum Gasteiger partial charge on any atom is -0.343 e. The number of para-hydroxylation sites is 1. The van der Waals surface area contributed by atoms with Crippen LogP contribution in [0.5, 0.6) is 0 Å². The first-order valence-corrected chi connectivity index (χ1v) is 6.56. The standard InChI is InChI=1S/C15H15N3O2/c1-9-15(20)18(10(2)14(19)17-9)12-7-11-5-3-4-6-13(11)16-8-12/h3-10H,1-2H3,(H,17,19). The highest BCUT2D eigenvalue weighted by Gasteiger charge is 2.36. The van der Waals surface area contributed by atoms with Gasteiger partial charge in [-0.3, -0.25) is 19.5 Å². The Kier molecular flexibility index (Phi) is 2.89. The van der Waals surface area contributed by atoms with Crippen molar-refractivity contribution in [2.24, 2.45) is 0 Å². The van der Waals surface area contributed by atoms with E-state index in [9.17, 15) is 9.59 Å². The number of carbonyl (C=O) groups excluding carboxylic acids is 2. The molecule has 20 heavy (non-hydrogen) atoms. The SMILES string of the molecule is CC1NC(=O)C(C)N(c2cnc3ccccc3c2)C1=O. The quantitative estimate of drug-likeness (QED) is 0.853. The molecular weight excluding hydrogens is 254 g/mol. The van der Waals surface area contributed by atoms with Gasteiger partial charge in [0.05, 0.1) is 17.4 Å². The fourth-order valence-electron chi connectivity index (χ4n) is 2.45. The molecule has 1 fully saturated rings. The van der Waals surface area contributed by atoms with E-state index in [-0.39, 0.29) is 11.8 Å². The van der Waals surface area contributed by atoms with Gasteiger partial charge < -0.3 is 5.32 Å². The summed E-state index contributed by atoms with van der Waals surface area (Å²) in [6, 6.07) is 8.54. The Morgan fingerprint density at radius 1 is 1.20 bits per heavy atom. The second-order valence-corrected chi connectivity index (χ2v) is 5.00. The second kappa shape index (κ2) is 4.59. The normalized spacial score (nSPS) is 23.0. The van der Waals surface area contributed by atoms with Gasteiger partial charge in [0.15, 0.2) is 0 Å². The summed E-state index contributed by atoms with van der Waals surface area (Å²) in [6.07, 6.45) is 1.64. The van der Waals surface area contributed by atoms with Crippen LogP contribution in [0.1, 0.15) is 13.8 Å². The van der Waals surface area contributed by atoms with E-state index >= 15 is 0 Å². The number of nitrogens with one attached hydrogen (secondary N) is 1. The number of piperazine rings is 1. The molecule has 5 nitrogen and oxygen atoms in total. The van der Waals surface area contributed by atoms with Gasteiger partial charge >= 0.3 is 0 Å². The number of rotatable bonds is 1. The molecule has 0 bridgehead atoms. The summed E-state index contributed by atoms with van der Waals surface area (Å²) < 4.78 is 0. The number of hydrogen-bond acceptors (Lipinski definition) is 3. The third-order valence-corrected chi connectivity index (χ3v) is 3.59. The fourth-order valence-corrected chi connectivity index (χ4v) is 2.45. The topological polar surface area (TPSA) is 62.3 Å². The number of benzene rings is 1. The minimum atomic E-state index is -0.526. The highest BCUT2D eigenvalue weighted by molar-refractivity contribution is 6.08. The zero-order chi connectivity index (χ0) is 14.3. The third-order valence-electron chi connectivity index (χ3n) is 3.59. The van der Waals surface area contributed by atoms with Gasteiger partial charge in [0, 0.05) is 5.39 Å². The van der Waals surface area contributed by atoms with E-state index in [1.165, 1.54) is 4.90 Å². The summed E-state index contributed by atoms with van der Waals surface area (Å²) in [6.45, 7) is 3.40. The van der Waals surface area contributed by atoms with Crippen LogP contribution in [0, 0.1) is 0 Å². The first-order valence-electron chi connectivity index (χ1n) is 6.56. The van der Waals surface area contributed by atoms with E-state index < -0.39 is 12.1 Å². The average molecular weight is 269 g/mol. The lowest BCUT2D eigenvalue weighted by Gasteiger charge is -2.35. The Hall–Kier alpha value is -2.43. The molecule has 0 aliphatic carbocycles. The molecule has 0 radical (unpaired) electrons. The van der Waals surface area contributed by atoms with Gasteiger partial charge in [-0.05, 0) is 26.0 Å². The van der Waals surface area contributed by atoms with Crippen LogP contribution in [-0.2, 0) is 9.59 Å². The largest absolute Gasteiger partial charge is 0.343 e. The predicted octanol–water partition coefficient (Wildman–Crippen LogP) is 1.47. The zero-order valence-corrected chi connectivity index (χ0v) is 11.3. The first-order chi connectivity index (χ1) is 9.58. The van der Waals surface area contributed by atoms with Crippen LogP contribution in [-0.4, -0.2) is 28.9 Å². The number of hydrogen-bond donors (Lipinski definition) is 1. The molecule has 2 heterocycles. The maximum atomic E-state index is 12.3. The number of nitrogens with zero attached hydrogens (tertiary/aromatic N) is 2. The molecule has 2 unspecified atom stereocenters. The van der Waals surface area contributed by atoms with Crippen LogP contribution >= 0.6 is 0 Å². The van der Waals surface area contributed by atoms with Gasteiger partial charge in [0.1, 0.15) is 12.1 Å². The smallest absolute Gasteiger partial charge is 0.250 e. The predicted molar refractivity (Wildman–Crippen MR) is 76.3 cm³/mol. The van der Waals surface area contributed by atoms with E-state index in [1.807, 2.05) is 30.3 Å². The minimum absolute atomic E-state index is 0.116. The van der Waals surface area contributed by atoms with Crippen molar-refractivity contribution >= 4 is 28.4 Å². The number of carbonyl (C=O) groups is 2. The van der Waals surface area contributed by atoms with Gasteiger partial charge in [0.25, 0.3) is 0 Å². The van der Waals surface area contributed by atoms with E-state index in [0.29, 0.717) is 5.69 Å². The molecule has 2 aromatic rings. The molecule has 1 saturated heterocycles. The molecule has 0 spiro atoms. The molecule has 2 atom stereocenters. The maximum Gasteiger partial charge on any atom is 0.250 e. The summed E-state index contributed by atoms with van der Waals surface area (Å²) in [5.41, 5.74) is 1.52. The van der Waals surface area contributed by atoms with Crippen molar-refractivity contribution in [3.05, 3.63) is 36.5 Å². The summed E-state index contributed by atoms with van der Waals surface area (Å²) in [5, 5.41) is 3.61. The molecule has 0 saturated carbocycles. The molecular formula is C15H15N3O2. The second-order valence-electron chi connectivity index (χ2n) is 5.00. The highest BCUT2D eigenvalue weighted by Crippen LogP contribution is 2.24. The van der Waals surface area contributed by atoms with Gasteiger partial charge in [-0.25, -0.2) is 0 Å². The van der Waals surface area contributed by atoms with Crippen molar-refractivity contribution in [3.63, 3.8) is 0 Å². The summed E-state index contributed by atoms with van der Waals surface area (Å²) in [4.78, 5) is 30.0. The molecule has 102 valence electrons. The van der Waals surface area contributed by atoms with Crippen molar-refractivity contribution in [2.45, 2.75) is 25.9 Å². The van der Waals surface area contributed by atoms with Crippen molar-refractivity contribution in [1.29, 1.82) is 0 Å². The number of pyridine rings is 1. The van der Waals surface area contributed by atoms with Gasteiger partial charge in [0.2, 0.25) is 11.8 Å². The Morgan fingerprint density at radius 2 is 1.95 bits per heavy atom. The van der Waals surface area contributed by atoms with Gasteiger partial charge in [-0.2, -0.15) is 0 Å². The molecule has 2 amide bonds. The molecule has 5 heteroatoms.